The minimum Gasteiger partial charge on any atom is -0.270 e. The van der Waals surface area contributed by atoms with E-state index in [2.05, 4.69) is 6.92 Å². The van der Waals surface area contributed by atoms with Crippen LogP contribution in [0.2, 0.25) is 0 Å². The van der Waals surface area contributed by atoms with Crippen molar-refractivity contribution in [3.05, 3.63) is 0 Å². The summed E-state index contributed by atoms with van der Waals surface area (Å²) in [6, 6.07) is 0. The monoisotopic (exact) mass is 250 g/mol. The highest BCUT2D eigenvalue weighted by Crippen LogP contribution is 2.08. The number of hydrogen-bond donors (Lipinski definition) is 0. The minimum absolute atomic E-state index is 0.172. The molecule has 0 aromatic rings. The summed E-state index contributed by atoms with van der Waals surface area (Å²) in [6.45, 7) is 6.36. The summed E-state index contributed by atoms with van der Waals surface area (Å²) in [7, 11) is -3.27. The molecule has 0 saturated heterocycles. The predicted octanol–water partition coefficient (Wildman–Crippen LogP) is 3.35. The van der Waals surface area contributed by atoms with Crippen LogP contribution in [-0.4, -0.2) is 20.8 Å². The van der Waals surface area contributed by atoms with Gasteiger partial charge in [0.25, 0.3) is 10.1 Å². The van der Waals surface area contributed by atoms with Crippen molar-refractivity contribution in [3.8, 4) is 0 Å². The molecule has 0 unspecified atom stereocenters. The fourth-order valence-corrected chi connectivity index (χ4v) is 2.51. The fraction of sp³-hybridized carbons (Fsp3) is 1.00. The second kappa shape index (κ2) is 8.99. The van der Waals surface area contributed by atoms with Crippen LogP contribution in [-0.2, 0) is 14.3 Å². The molecule has 0 aliphatic carbocycles. The molecule has 4 heteroatoms. The molecule has 0 aromatic carbocycles. The van der Waals surface area contributed by atoms with Crippen molar-refractivity contribution < 1.29 is 12.6 Å². The third-order valence-electron chi connectivity index (χ3n) is 2.33. The van der Waals surface area contributed by atoms with Gasteiger partial charge in [-0.25, -0.2) is 0 Å². The zero-order chi connectivity index (χ0) is 12.4. The zero-order valence-corrected chi connectivity index (χ0v) is 11.7. The van der Waals surface area contributed by atoms with Crippen LogP contribution in [0.5, 0.6) is 0 Å². The summed E-state index contributed by atoms with van der Waals surface area (Å²) in [4.78, 5) is 0. The highest BCUT2D eigenvalue weighted by Gasteiger charge is 2.11. The molecule has 0 saturated carbocycles. The van der Waals surface area contributed by atoms with Crippen molar-refractivity contribution in [2.45, 2.75) is 59.3 Å². The van der Waals surface area contributed by atoms with Gasteiger partial charge in [-0.15, -0.1) is 0 Å². The first kappa shape index (κ1) is 15.9. The van der Waals surface area contributed by atoms with Crippen LogP contribution in [0.4, 0.5) is 0 Å². The van der Waals surface area contributed by atoms with Gasteiger partial charge in [0, 0.05) is 0 Å². The van der Waals surface area contributed by atoms with Gasteiger partial charge in [-0.05, 0) is 12.3 Å². The van der Waals surface area contributed by atoms with Gasteiger partial charge in [0.2, 0.25) is 0 Å². The average molecular weight is 250 g/mol. The summed E-state index contributed by atoms with van der Waals surface area (Å²) in [5, 5.41) is 0. The van der Waals surface area contributed by atoms with E-state index in [4.69, 9.17) is 4.18 Å². The normalized spacial score (nSPS) is 12.2. The summed E-state index contributed by atoms with van der Waals surface area (Å²) in [5.74, 6) is 0.436. The van der Waals surface area contributed by atoms with E-state index in [1.165, 1.54) is 19.3 Å². The molecule has 0 N–H and O–H groups in total. The third-order valence-corrected chi connectivity index (χ3v) is 3.61. The van der Waals surface area contributed by atoms with Crippen molar-refractivity contribution >= 4 is 10.1 Å². The molecule has 0 heterocycles. The smallest absolute Gasteiger partial charge is 0.267 e. The molecule has 0 radical (unpaired) electrons. The highest BCUT2D eigenvalue weighted by atomic mass is 32.2. The maximum atomic E-state index is 11.4. The van der Waals surface area contributed by atoms with E-state index in [9.17, 15) is 8.42 Å². The van der Waals surface area contributed by atoms with E-state index in [0.29, 0.717) is 6.61 Å². The van der Waals surface area contributed by atoms with Crippen molar-refractivity contribution in [1.29, 1.82) is 0 Å². The topological polar surface area (TPSA) is 43.4 Å². The molecule has 3 nitrogen and oxygen atoms in total. The Morgan fingerprint density at radius 1 is 1.00 bits per heavy atom. The molecule has 0 rings (SSSR count). The van der Waals surface area contributed by atoms with Gasteiger partial charge in [0.1, 0.15) is 0 Å². The Morgan fingerprint density at radius 3 is 2.12 bits per heavy atom. The number of rotatable bonds is 10. The van der Waals surface area contributed by atoms with Crippen LogP contribution in [0, 0.1) is 5.92 Å². The second-order valence-electron chi connectivity index (χ2n) is 4.71. The van der Waals surface area contributed by atoms with Crippen LogP contribution in [0.15, 0.2) is 0 Å². The Bertz CT molecular complexity index is 245. The lowest BCUT2D eigenvalue weighted by atomic mass is 10.1. The third kappa shape index (κ3) is 10.4. The Hall–Kier alpha value is -0.0900. The van der Waals surface area contributed by atoms with Gasteiger partial charge >= 0.3 is 0 Å². The zero-order valence-electron chi connectivity index (χ0n) is 10.9. The van der Waals surface area contributed by atoms with Crippen LogP contribution < -0.4 is 0 Å². The molecular weight excluding hydrogens is 224 g/mol. The lowest BCUT2D eigenvalue weighted by molar-refractivity contribution is 0.274. The average Bonchev–Trinajstić information content (AvgIpc) is 2.21. The molecule has 0 atom stereocenters. The summed E-state index contributed by atoms with van der Waals surface area (Å²) < 4.78 is 27.7. The van der Waals surface area contributed by atoms with Gasteiger partial charge < -0.3 is 0 Å². The van der Waals surface area contributed by atoms with E-state index < -0.39 is 10.1 Å². The lowest BCUT2D eigenvalue weighted by Gasteiger charge is -2.07. The van der Waals surface area contributed by atoms with Crippen molar-refractivity contribution in [1.82, 2.24) is 0 Å². The van der Waals surface area contributed by atoms with Gasteiger partial charge in [-0.2, -0.15) is 8.42 Å². The number of hydrogen-bond acceptors (Lipinski definition) is 3. The quantitative estimate of drug-likeness (QED) is 0.441. The summed E-state index contributed by atoms with van der Waals surface area (Å²) in [5.41, 5.74) is 0. The molecule has 0 spiro atoms. The van der Waals surface area contributed by atoms with Gasteiger partial charge in [0.05, 0.1) is 12.4 Å². The Labute approximate surface area is 101 Å². The van der Waals surface area contributed by atoms with Crippen molar-refractivity contribution in [3.63, 3.8) is 0 Å². The molecule has 0 fully saturated rings. The van der Waals surface area contributed by atoms with Crippen LogP contribution >= 0.6 is 0 Å². The molecule has 0 bridgehead atoms. The largest absolute Gasteiger partial charge is 0.270 e. The second-order valence-corrected chi connectivity index (χ2v) is 6.47. The lowest BCUT2D eigenvalue weighted by Crippen LogP contribution is -2.14. The molecule has 0 aliphatic heterocycles. The SMILES string of the molecule is CCCCCCCCS(=O)(=O)OCC(C)C. The van der Waals surface area contributed by atoms with E-state index in [0.717, 1.165) is 19.3 Å². The molecule has 98 valence electrons. The Morgan fingerprint density at radius 2 is 1.56 bits per heavy atom. The van der Waals surface area contributed by atoms with Gasteiger partial charge in [0.15, 0.2) is 0 Å². The highest BCUT2D eigenvalue weighted by molar-refractivity contribution is 7.86. The first-order chi connectivity index (χ1) is 7.48. The fourth-order valence-electron chi connectivity index (χ4n) is 1.36. The van der Waals surface area contributed by atoms with Crippen LogP contribution in [0.1, 0.15) is 59.3 Å². The predicted molar refractivity (Wildman–Crippen MR) is 68.0 cm³/mol. The first-order valence-corrected chi connectivity index (χ1v) is 7.92. The Kier molecular flexibility index (Phi) is 8.94. The standard InChI is InChI=1S/C12H26O3S/c1-4-5-6-7-8-9-10-16(13,14)15-11-12(2)3/h12H,4-11H2,1-3H3. The summed E-state index contributed by atoms with van der Waals surface area (Å²) in [6.07, 6.45) is 6.53. The van der Waals surface area contributed by atoms with Crippen LogP contribution in [0.3, 0.4) is 0 Å². The summed E-state index contributed by atoms with van der Waals surface area (Å²) >= 11 is 0. The maximum absolute atomic E-state index is 11.4. The molecule has 0 aromatic heterocycles. The first-order valence-electron chi connectivity index (χ1n) is 6.35. The van der Waals surface area contributed by atoms with Crippen molar-refractivity contribution in [2.75, 3.05) is 12.4 Å². The molecule has 0 amide bonds. The molecule has 16 heavy (non-hydrogen) atoms. The maximum Gasteiger partial charge on any atom is 0.267 e. The Balaban J connectivity index is 3.51. The van der Waals surface area contributed by atoms with Crippen molar-refractivity contribution in [2.24, 2.45) is 5.92 Å². The van der Waals surface area contributed by atoms with E-state index >= 15 is 0 Å². The van der Waals surface area contributed by atoms with E-state index in [-0.39, 0.29) is 11.7 Å². The van der Waals surface area contributed by atoms with Gasteiger partial charge in [-0.3, -0.25) is 4.18 Å². The minimum atomic E-state index is -3.27. The molecular formula is C12H26O3S. The van der Waals surface area contributed by atoms with Crippen LogP contribution in [0.25, 0.3) is 0 Å². The van der Waals surface area contributed by atoms with E-state index in [1.807, 2.05) is 13.8 Å². The van der Waals surface area contributed by atoms with Gasteiger partial charge in [-0.1, -0.05) is 52.9 Å². The number of unbranched alkanes of at least 4 members (excludes halogenated alkanes) is 5. The van der Waals surface area contributed by atoms with E-state index in [1.54, 1.807) is 0 Å². The molecule has 0 aliphatic rings.